The molecule has 0 atom stereocenters. The number of hydrogen-bond donors (Lipinski definition) is 1. The minimum atomic E-state index is -0.129. The molecule has 0 saturated carbocycles. The van der Waals surface area contributed by atoms with Crippen LogP contribution < -0.4 is 4.74 Å². The summed E-state index contributed by atoms with van der Waals surface area (Å²) >= 11 is 5.86. The molecule has 0 saturated heterocycles. The summed E-state index contributed by atoms with van der Waals surface area (Å²) < 4.78 is 5.66. The van der Waals surface area contributed by atoms with Crippen molar-refractivity contribution in [1.29, 1.82) is 0 Å². The largest absolute Gasteiger partial charge is 0.507 e. The van der Waals surface area contributed by atoms with Crippen LogP contribution in [0.1, 0.15) is 27.0 Å². The Hall–Kier alpha value is -2.78. The number of Topliss-reactive ketones (excluding diaryl/α,β-unsaturated/α-hetero) is 1. The topological polar surface area (TPSA) is 46.5 Å². The van der Waals surface area contributed by atoms with Gasteiger partial charge in [-0.05, 0) is 42.3 Å². The highest BCUT2D eigenvalue weighted by molar-refractivity contribution is 6.30. The molecule has 3 aromatic rings. The maximum atomic E-state index is 12.4. The minimum absolute atomic E-state index is 0.0734. The fourth-order valence-electron chi connectivity index (χ4n) is 2.57. The first-order valence-electron chi connectivity index (χ1n) is 8.30. The molecule has 0 unspecified atom stereocenters. The summed E-state index contributed by atoms with van der Waals surface area (Å²) in [4.78, 5) is 12.4. The number of aromatic hydroxyl groups is 1. The first-order valence-corrected chi connectivity index (χ1v) is 8.68. The number of hydrogen-bond acceptors (Lipinski definition) is 3. The van der Waals surface area contributed by atoms with Gasteiger partial charge in [-0.25, -0.2) is 0 Å². The molecule has 0 fully saturated rings. The van der Waals surface area contributed by atoms with Gasteiger partial charge >= 0.3 is 0 Å². The van der Waals surface area contributed by atoms with E-state index in [1.807, 2.05) is 43.3 Å². The Labute approximate surface area is 157 Å². The van der Waals surface area contributed by atoms with Gasteiger partial charge in [0, 0.05) is 17.5 Å². The lowest BCUT2D eigenvalue weighted by Gasteiger charge is -2.09. The van der Waals surface area contributed by atoms with Crippen molar-refractivity contribution in [2.75, 3.05) is 0 Å². The van der Waals surface area contributed by atoms with Gasteiger partial charge in [0.2, 0.25) is 0 Å². The molecule has 0 radical (unpaired) electrons. The van der Waals surface area contributed by atoms with E-state index in [0.29, 0.717) is 22.9 Å². The van der Waals surface area contributed by atoms with Crippen molar-refractivity contribution in [3.05, 3.63) is 94.0 Å². The highest BCUT2D eigenvalue weighted by atomic mass is 35.5. The van der Waals surface area contributed by atoms with Crippen LogP contribution in [-0.4, -0.2) is 10.9 Å². The lowest BCUT2D eigenvalue weighted by Crippen LogP contribution is -2.04. The molecule has 0 bridgehead atoms. The fraction of sp³-hybridized carbons (Fsp3) is 0.136. The quantitative estimate of drug-likeness (QED) is 0.597. The van der Waals surface area contributed by atoms with E-state index < -0.39 is 0 Å². The molecule has 3 rings (SSSR count). The molecule has 0 aliphatic rings. The summed E-state index contributed by atoms with van der Waals surface area (Å²) in [5.74, 6) is 0.302. The SMILES string of the molecule is Cc1ccc(CC(=O)c2ccc(OCc3ccc(Cl)cc3)cc2O)cc1. The fourth-order valence-corrected chi connectivity index (χ4v) is 2.70. The molecule has 0 aromatic heterocycles. The summed E-state index contributed by atoms with van der Waals surface area (Å²) in [5, 5.41) is 10.9. The molecule has 132 valence electrons. The van der Waals surface area contributed by atoms with Crippen LogP contribution in [0, 0.1) is 6.92 Å². The normalized spacial score (nSPS) is 10.5. The van der Waals surface area contributed by atoms with Crippen LogP contribution in [0.15, 0.2) is 66.7 Å². The number of ketones is 1. The summed E-state index contributed by atoms with van der Waals surface area (Å²) in [5.41, 5.74) is 3.33. The van der Waals surface area contributed by atoms with Crippen LogP contribution in [0.4, 0.5) is 0 Å². The maximum absolute atomic E-state index is 12.4. The zero-order valence-corrected chi connectivity index (χ0v) is 15.2. The Morgan fingerprint density at radius 1 is 0.962 bits per heavy atom. The minimum Gasteiger partial charge on any atom is -0.507 e. The van der Waals surface area contributed by atoms with Gasteiger partial charge in [0.15, 0.2) is 5.78 Å². The maximum Gasteiger partial charge on any atom is 0.170 e. The van der Waals surface area contributed by atoms with Crippen molar-refractivity contribution in [2.24, 2.45) is 0 Å². The van der Waals surface area contributed by atoms with E-state index in [0.717, 1.165) is 16.7 Å². The van der Waals surface area contributed by atoms with Crippen LogP contribution in [0.2, 0.25) is 5.02 Å². The van der Waals surface area contributed by atoms with Gasteiger partial charge in [0.25, 0.3) is 0 Å². The van der Waals surface area contributed by atoms with Crippen molar-refractivity contribution in [2.45, 2.75) is 20.0 Å². The van der Waals surface area contributed by atoms with Crippen LogP contribution in [-0.2, 0) is 13.0 Å². The molecule has 3 nitrogen and oxygen atoms in total. The number of phenols is 1. The number of carbonyl (C=O) groups excluding carboxylic acids is 1. The van der Waals surface area contributed by atoms with Gasteiger partial charge < -0.3 is 9.84 Å². The van der Waals surface area contributed by atoms with Gasteiger partial charge in [-0.3, -0.25) is 4.79 Å². The van der Waals surface area contributed by atoms with Gasteiger partial charge in [-0.15, -0.1) is 0 Å². The van der Waals surface area contributed by atoms with E-state index in [9.17, 15) is 9.90 Å². The number of aryl methyl sites for hydroxylation is 1. The predicted octanol–water partition coefficient (Wildman–Crippen LogP) is 5.36. The second-order valence-corrected chi connectivity index (χ2v) is 6.62. The molecule has 3 aromatic carbocycles. The van der Waals surface area contributed by atoms with E-state index in [1.54, 1.807) is 24.3 Å². The van der Waals surface area contributed by atoms with Crippen molar-refractivity contribution in [3.63, 3.8) is 0 Å². The molecule has 0 aliphatic heterocycles. The second-order valence-electron chi connectivity index (χ2n) is 6.18. The molecule has 0 heterocycles. The molecule has 4 heteroatoms. The lowest BCUT2D eigenvalue weighted by atomic mass is 10.0. The van der Waals surface area contributed by atoms with E-state index in [4.69, 9.17) is 16.3 Å². The number of halogens is 1. The zero-order chi connectivity index (χ0) is 18.5. The Morgan fingerprint density at radius 2 is 1.62 bits per heavy atom. The number of carbonyl (C=O) groups is 1. The predicted molar refractivity (Wildman–Crippen MR) is 103 cm³/mol. The van der Waals surface area contributed by atoms with Crippen molar-refractivity contribution >= 4 is 17.4 Å². The molecule has 0 aliphatic carbocycles. The van der Waals surface area contributed by atoms with Crippen LogP contribution in [0.5, 0.6) is 11.5 Å². The van der Waals surface area contributed by atoms with Gasteiger partial charge in [0.05, 0.1) is 5.56 Å². The third-order valence-corrected chi connectivity index (χ3v) is 4.33. The van der Waals surface area contributed by atoms with Crippen molar-refractivity contribution < 1.29 is 14.6 Å². The van der Waals surface area contributed by atoms with Gasteiger partial charge in [-0.2, -0.15) is 0 Å². The average molecular weight is 367 g/mol. The molecular formula is C22H19ClO3. The number of phenolic OH excluding ortho intramolecular Hbond substituents is 1. The smallest absolute Gasteiger partial charge is 0.170 e. The molecule has 0 amide bonds. The van der Waals surface area contributed by atoms with E-state index in [-0.39, 0.29) is 18.0 Å². The summed E-state index contributed by atoms with van der Waals surface area (Å²) in [6, 6.07) is 19.9. The van der Waals surface area contributed by atoms with E-state index >= 15 is 0 Å². The number of rotatable bonds is 6. The monoisotopic (exact) mass is 366 g/mol. The summed E-state index contributed by atoms with van der Waals surface area (Å²) in [6.07, 6.45) is 0.249. The Kier molecular flexibility index (Phi) is 5.59. The van der Waals surface area contributed by atoms with Crippen LogP contribution in [0.3, 0.4) is 0 Å². The van der Waals surface area contributed by atoms with Crippen LogP contribution >= 0.6 is 11.6 Å². The van der Waals surface area contributed by atoms with Gasteiger partial charge in [-0.1, -0.05) is 53.6 Å². The summed E-state index contributed by atoms with van der Waals surface area (Å²) in [7, 11) is 0. The zero-order valence-electron chi connectivity index (χ0n) is 14.4. The Bertz CT molecular complexity index is 900. The lowest BCUT2D eigenvalue weighted by molar-refractivity contribution is 0.0990. The molecule has 26 heavy (non-hydrogen) atoms. The first-order chi connectivity index (χ1) is 12.5. The molecule has 0 spiro atoms. The van der Waals surface area contributed by atoms with Crippen molar-refractivity contribution in [3.8, 4) is 11.5 Å². The Balaban J connectivity index is 1.65. The molecular weight excluding hydrogens is 348 g/mol. The highest BCUT2D eigenvalue weighted by Gasteiger charge is 2.13. The number of benzene rings is 3. The third kappa shape index (κ3) is 4.64. The second kappa shape index (κ2) is 8.07. The third-order valence-electron chi connectivity index (χ3n) is 4.07. The molecule has 1 N–H and O–H groups in total. The Morgan fingerprint density at radius 3 is 2.27 bits per heavy atom. The standard InChI is InChI=1S/C22H19ClO3/c1-15-2-4-16(5-3-15)12-21(24)20-11-10-19(13-22(20)25)26-14-17-6-8-18(23)9-7-17/h2-11,13,25H,12,14H2,1H3. The van der Waals surface area contributed by atoms with Gasteiger partial charge in [0.1, 0.15) is 18.1 Å². The van der Waals surface area contributed by atoms with E-state index in [1.165, 1.54) is 6.07 Å². The average Bonchev–Trinajstić information content (AvgIpc) is 2.63. The number of ether oxygens (including phenoxy) is 1. The van der Waals surface area contributed by atoms with Crippen molar-refractivity contribution in [1.82, 2.24) is 0 Å². The van der Waals surface area contributed by atoms with E-state index in [2.05, 4.69) is 0 Å². The highest BCUT2D eigenvalue weighted by Crippen LogP contribution is 2.26. The first kappa shape index (κ1) is 18.0. The van der Waals surface area contributed by atoms with Crippen LogP contribution in [0.25, 0.3) is 0 Å². The summed E-state index contributed by atoms with van der Waals surface area (Å²) in [6.45, 7) is 2.35.